The van der Waals surface area contributed by atoms with Crippen LogP contribution in [0.5, 0.6) is 0 Å². The van der Waals surface area contributed by atoms with Gasteiger partial charge in [0.25, 0.3) is 0 Å². The second-order valence-electron chi connectivity index (χ2n) is 16.6. The molecule has 0 fully saturated rings. The van der Waals surface area contributed by atoms with Crippen molar-refractivity contribution in [3.05, 3.63) is 350 Å². The third-order valence-electron chi connectivity index (χ3n) is 11.2. The molecule has 0 heterocycles. The van der Waals surface area contributed by atoms with Crippen LogP contribution in [0.3, 0.4) is 0 Å². The van der Waals surface area contributed by atoms with Crippen molar-refractivity contribution in [3.63, 3.8) is 0 Å². The maximum absolute atomic E-state index is 11.6. The Hall–Kier alpha value is -7.95. The Morgan fingerprint density at radius 1 is 0.253 bits per heavy atom. The molecule has 0 radical (unpaired) electrons. The van der Waals surface area contributed by atoms with Gasteiger partial charge in [0, 0.05) is 0 Å². The largest absolute Gasteiger partial charge is 2.00 e. The molecule has 5 heteroatoms. The van der Waals surface area contributed by atoms with E-state index >= 15 is 0 Å². The van der Waals surface area contributed by atoms with E-state index in [1.165, 1.54) is 44.0 Å². The van der Waals surface area contributed by atoms with Crippen LogP contribution < -0.4 is 31.8 Å². The second kappa shape index (κ2) is 33.0. The normalized spacial score (nSPS) is 10.7. The molecule has 0 aliphatic carbocycles. The molecular weight excluding hydrogens is 1130 g/mol. The van der Waals surface area contributed by atoms with Crippen LogP contribution in [0, 0.1) is 12.2 Å². The summed E-state index contributed by atoms with van der Waals surface area (Å²) >= 11 is 0. The first-order chi connectivity index (χ1) is 36.6. The molecule has 0 spiro atoms. The van der Waals surface area contributed by atoms with Gasteiger partial charge in [-0.25, -0.2) is 0 Å². The van der Waals surface area contributed by atoms with E-state index in [0.717, 1.165) is 22.3 Å². The summed E-state index contributed by atoms with van der Waals surface area (Å²) in [5.41, 5.74) is 3.96. The predicted octanol–water partition coefficient (Wildman–Crippen LogP) is 13.9. The Kier molecular flexibility index (Phi) is 24.8. The molecular formula is C70H58O2P2Pt+2. The summed E-state index contributed by atoms with van der Waals surface area (Å²) < 4.78 is 0. The van der Waals surface area contributed by atoms with Crippen LogP contribution in [-0.4, -0.2) is 11.6 Å². The fraction of sp³-hybridized carbons (Fsp3) is 0. The maximum Gasteiger partial charge on any atom is 2.00 e. The Labute approximate surface area is 461 Å². The molecule has 0 amide bonds. The molecule has 0 bridgehead atoms. The molecule has 10 rings (SSSR count). The number of allylic oxidation sites excluding steroid dienone is 4. The maximum atomic E-state index is 11.6. The Balaban J connectivity index is 0.000000162. The molecule has 0 saturated carbocycles. The van der Waals surface area contributed by atoms with Gasteiger partial charge >= 0.3 is 21.1 Å². The van der Waals surface area contributed by atoms with Gasteiger partial charge in [-0.3, -0.25) is 0 Å². The average Bonchev–Trinajstić information content (AvgIpc) is 3.48. The molecule has 0 unspecified atom stereocenters. The zero-order valence-electron chi connectivity index (χ0n) is 41.5. The fourth-order valence-corrected chi connectivity index (χ4v) is 12.8. The minimum atomic E-state index is -0.877. The predicted molar refractivity (Wildman–Crippen MR) is 322 cm³/mol. The second-order valence-corrected chi connectivity index (χ2v) is 21.5. The van der Waals surface area contributed by atoms with Crippen LogP contribution in [0.15, 0.2) is 315 Å². The van der Waals surface area contributed by atoms with Gasteiger partial charge in [-0.05, 0) is 83.9 Å². The first kappa shape index (κ1) is 56.3. The van der Waals surface area contributed by atoms with Gasteiger partial charge in [0.05, 0.1) is 27.4 Å². The minimum Gasteiger partial charge on any atom is -0.319 e. The van der Waals surface area contributed by atoms with E-state index in [0.29, 0.717) is 0 Å². The van der Waals surface area contributed by atoms with Crippen LogP contribution in [0.1, 0.15) is 22.3 Å². The van der Waals surface area contributed by atoms with Crippen LogP contribution in [0.4, 0.5) is 0 Å². The summed E-state index contributed by atoms with van der Waals surface area (Å²) in [6, 6.07) is 104. The number of ketones is 2. The zero-order valence-corrected chi connectivity index (χ0v) is 45.7. The van der Waals surface area contributed by atoms with Gasteiger partial charge in [0.2, 0.25) is 0 Å². The monoisotopic (exact) mass is 1190 g/mol. The van der Waals surface area contributed by atoms with Gasteiger partial charge < -0.3 is 9.59 Å². The van der Waals surface area contributed by atoms with Crippen molar-refractivity contribution >= 4 is 83.5 Å². The van der Waals surface area contributed by atoms with E-state index in [1.807, 2.05) is 121 Å². The van der Waals surface area contributed by atoms with Crippen LogP contribution in [0.25, 0.3) is 24.3 Å². The molecule has 0 aromatic heterocycles. The van der Waals surface area contributed by atoms with E-state index in [2.05, 4.69) is 194 Å². The molecule has 0 atom stereocenters. The SMILES string of the molecule is O=C([C-]=Cc1ccccc1)C=Cc1ccccc1.O=C([C-]=Cc1ccccc1)C=Cc1ccccc1.[Pt+2].c1ccc([PH+](c2ccccc2)c2ccccc2)cc1.c1ccc([PH+](c2ccccc2)c2ccccc2)cc1. The summed E-state index contributed by atoms with van der Waals surface area (Å²) in [6.45, 7) is 0. The van der Waals surface area contributed by atoms with E-state index < -0.39 is 15.8 Å². The molecule has 368 valence electrons. The summed E-state index contributed by atoms with van der Waals surface area (Å²) in [7, 11) is -1.75. The van der Waals surface area contributed by atoms with Crippen molar-refractivity contribution in [2.75, 3.05) is 0 Å². The third kappa shape index (κ3) is 20.1. The molecule has 75 heavy (non-hydrogen) atoms. The number of carbonyl (C=O) groups excluding carboxylic acids is 2. The Bertz CT molecular complexity index is 2730. The quantitative estimate of drug-likeness (QED) is 0.0618. The minimum absolute atomic E-state index is 0. The van der Waals surface area contributed by atoms with Gasteiger partial charge in [-0.2, -0.15) is 12.2 Å². The number of rotatable bonds is 14. The third-order valence-corrected chi connectivity index (χ3v) is 16.7. The van der Waals surface area contributed by atoms with E-state index in [1.54, 1.807) is 24.3 Å². The van der Waals surface area contributed by atoms with Gasteiger partial charge in [-0.15, -0.1) is 71.8 Å². The van der Waals surface area contributed by atoms with Crippen molar-refractivity contribution < 1.29 is 30.7 Å². The first-order valence-corrected chi connectivity index (χ1v) is 27.5. The molecule has 0 aliphatic rings. The average molecular weight is 1190 g/mol. The van der Waals surface area contributed by atoms with Crippen LogP contribution in [-0.2, 0) is 30.7 Å². The number of benzene rings is 10. The zero-order chi connectivity index (χ0) is 51.1. The number of hydrogen-bond acceptors (Lipinski definition) is 2. The topological polar surface area (TPSA) is 34.1 Å². The molecule has 2 nitrogen and oxygen atoms in total. The van der Waals surface area contributed by atoms with Crippen molar-refractivity contribution in [1.82, 2.24) is 0 Å². The Morgan fingerprint density at radius 3 is 0.627 bits per heavy atom. The van der Waals surface area contributed by atoms with Gasteiger partial charge in [0.15, 0.2) is 0 Å². The molecule has 10 aromatic rings. The fourth-order valence-electron chi connectivity index (χ4n) is 7.60. The summed E-state index contributed by atoms with van der Waals surface area (Å²) in [5.74, 6) is -0.273. The summed E-state index contributed by atoms with van der Waals surface area (Å²) in [4.78, 5) is 23.1. The van der Waals surface area contributed by atoms with Gasteiger partial charge in [-0.1, -0.05) is 206 Å². The molecule has 0 saturated heterocycles. The molecule has 10 aromatic carbocycles. The Morgan fingerprint density at radius 2 is 0.427 bits per heavy atom. The number of hydrogen-bond donors (Lipinski definition) is 0. The van der Waals surface area contributed by atoms with E-state index in [9.17, 15) is 9.59 Å². The summed E-state index contributed by atoms with van der Waals surface area (Å²) in [6.07, 6.45) is 15.4. The number of carbonyl (C=O) groups is 2. The van der Waals surface area contributed by atoms with E-state index in [-0.39, 0.29) is 32.6 Å². The summed E-state index contributed by atoms with van der Waals surface area (Å²) in [5, 5.41) is 8.61. The van der Waals surface area contributed by atoms with Gasteiger partial charge in [0.1, 0.15) is 31.8 Å². The van der Waals surface area contributed by atoms with Crippen molar-refractivity contribution in [3.8, 4) is 0 Å². The van der Waals surface area contributed by atoms with Crippen molar-refractivity contribution in [2.45, 2.75) is 0 Å². The smallest absolute Gasteiger partial charge is 0.319 e. The van der Waals surface area contributed by atoms with E-state index in [4.69, 9.17) is 0 Å². The molecule has 0 N–H and O–H groups in total. The van der Waals surface area contributed by atoms with Crippen LogP contribution in [0.2, 0.25) is 0 Å². The van der Waals surface area contributed by atoms with Crippen molar-refractivity contribution in [2.24, 2.45) is 0 Å². The van der Waals surface area contributed by atoms with Crippen molar-refractivity contribution in [1.29, 1.82) is 0 Å². The standard InChI is InChI=1S/2C18H15P.2C17H13O.Pt/c2*1-4-10-16(11-5-1)19(17-12-6-2-7-13-17)18-14-8-3-9-15-18;2*18-17(13-11-15-7-3-1-4-8-15)14-12-16-9-5-2-6-10-16;/h2*1-15H;2*1-13H;/q;;2*-1;+2/p+2. The van der Waals surface area contributed by atoms with Crippen LogP contribution >= 0.6 is 15.8 Å². The first-order valence-electron chi connectivity index (χ1n) is 24.5. The molecule has 0 aliphatic heterocycles.